The van der Waals surface area contributed by atoms with Gasteiger partial charge in [0.25, 0.3) is 0 Å². The van der Waals surface area contributed by atoms with Crippen LogP contribution in [0.15, 0.2) is 0 Å². The fourth-order valence-corrected chi connectivity index (χ4v) is 3.55. The normalized spacial score (nSPS) is 13.0. The molecule has 0 aliphatic heterocycles. The van der Waals surface area contributed by atoms with E-state index in [0.29, 0.717) is 11.0 Å². The van der Waals surface area contributed by atoms with Gasteiger partial charge in [-0.05, 0) is 12.8 Å². The van der Waals surface area contributed by atoms with Crippen LogP contribution in [0.1, 0.15) is 71.1 Å². The van der Waals surface area contributed by atoms with Gasteiger partial charge in [-0.15, -0.1) is 0 Å². The summed E-state index contributed by atoms with van der Waals surface area (Å²) in [6.07, 6.45) is 11.7. The van der Waals surface area contributed by atoms with Gasteiger partial charge in [0, 0.05) is 0 Å². The molecular formula is C17H37ClNNaO4S. The van der Waals surface area contributed by atoms with E-state index < -0.39 is 22.0 Å². The number of quaternary nitrogens is 1. The first-order valence-electron chi connectivity index (χ1n) is 9.10. The molecule has 0 spiro atoms. The Hall–Kier alpha value is 1.12. The minimum Gasteiger partial charge on any atom is -1.00 e. The van der Waals surface area contributed by atoms with Crippen LogP contribution < -0.4 is 42.0 Å². The molecule has 0 aliphatic rings. The van der Waals surface area contributed by atoms with E-state index in [0.717, 1.165) is 13.0 Å². The van der Waals surface area contributed by atoms with Gasteiger partial charge in [-0.1, -0.05) is 58.3 Å². The standard InChI is InChI=1S/C17H37NO4S.ClH.Na/c1-4-5-6-7-8-9-10-11-12-13-14-18(2,3)15-17(19)16-23(20,21)22;;/h17,19H,4-16H2,1-3H3;1H;/q;;+1/p-1. The summed E-state index contributed by atoms with van der Waals surface area (Å²) in [6, 6.07) is 0. The molecule has 0 aromatic heterocycles. The zero-order chi connectivity index (χ0) is 17.8. The molecule has 0 rings (SSSR count). The summed E-state index contributed by atoms with van der Waals surface area (Å²) in [5.74, 6) is -0.688. The largest absolute Gasteiger partial charge is 1.00 e. The van der Waals surface area contributed by atoms with Crippen molar-refractivity contribution < 1.29 is 64.5 Å². The third-order valence-electron chi connectivity index (χ3n) is 4.22. The molecule has 1 atom stereocenters. The Morgan fingerprint density at radius 3 is 1.72 bits per heavy atom. The number of aliphatic hydroxyl groups excluding tert-OH is 1. The molecule has 0 aromatic carbocycles. The molecule has 0 amide bonds. The van der Waals surface area contributed by atoms with E-state index >= 15 is 0 Å². The first-order valence-corrected chi connectivity index (χ1v) is 10.7. The fourth-order valence-electron chi connectivity index (χ4n) is 2.98. The predicted molar refractivity (Wildman–Crippen MR) is 94.3 cm³/mol. The van der Waals surface area contributed by atoms with Crippen molar-refractivity contribution in [2.75, 3.05) is 32.9 Å². The van der Waals surface area contributed by atoms with Crippen LogP contribution in [0.25, 0.3) is 0 Å². The van der Waals surface area contributed by atoms with Crippen molar-refractivity contribution in [1.29, 1.82) is 0 Å². The van der Waals surface area contributed by atoms with Gasteiger partial charge in [0.1, 0.15) is 12.6 Å². The molecule has 0 saturated heterocycles. The van der Waals surface area contributed by atoms with Gasteiger partial charge in [-0.25, -0.2) is 8.42 Å². The third-order valence-corrected chi connectivity index (χ3v) is 5.01. The summed E-state index contributed by atoms with van der Waals surface area (Å²) < 4.78 is 32.5. The van der Waals surface area contributed by atoms with Gasteiger partial charge < -0.3 is 26.5 Å². The maximum atomic E-state index is 10.6. The zero-order valence-electron chi connectivity index (χ0n) is 16.7. The van der Waals surface area contributed by atoms with Crippen molar-refractivity contribution in [1.82, 2.24) is 0 Å². The fraction of sp³-hybridized carbons (Fsp3) is 1.00. The monoisotopic (exact) mass is 409 g/mol. The molecule has 0 aromatic rings. The first kappa shape index (κ1) is 30.8. The van der Waals surface area contributed by atoms with Crippen LogP contribution >= 0.6 is 0 Å². The van der Waals surface area contributed by atoms with Crippen LogP contribution in [0.5, 0.6) is 0 Å². The maximum Gasteiger partial charge on any atom is 1.00 e. The van der Waals surface area contributed by atoms with Crippen LogP contribution in [0.3, 0.4) is 0 Å². The quantitative estimate of drug-likeness (QED) is 0.134. The Balaban J connectivity index is -0.00000242. The number of unbranched alkanes of at least 4 members (excludes halogenated alkanes) is 9. The van der Waals surface area contributed by atoms with Crippen molar-refractivity contribution >= 4 is 10.1 Å². The molecule has 0 saturated carbocycles. The minimum absolute atomic E-state index is 0. The van der Waals surface area contributed by atoms with Gasteiger partial charge >= 0.3 is 29.6 Å². The van der Waals surface area contributed by atoms with Gasteiger partial charge in [0.2, 0.25) is 0 Å². The number of halogens is 1. The first-order chi connectivity index (χ1) is 10.7. The Kier molecular flexibility index (Phi) is 21.3. The van der Waals surface area contributed by atoms with Crippen molar-refractivity contribution in [2.24, 2.45) is 0 Å². The molecule has 148 valence electrons. The number of aliphatic hydroxyl groups is 1. The molecule has 1 N–H and O–H groups in total. The smallest absolute Gasteiger partial charge is 1.00 e. The van der Waals surface area contributed by atoms with E-state index in [9.17, 15) is 18.1 Å². The van der Waals surface area contributed by atoms with Crippen LogP contribution in [0.4, 0.5) is 0 Å². The molecule has 0 heterocycles. The Bertz CT molecular complexity index is 394. The number of rotatable bonds is 15. The zero-order valence-corrected chi connectivity index (χ0v) is 20.2. The van der Waals surface area contributed by atoms with E-state index in [2.05, 4.69) is 6.92 Å². The molecule has 0 bridgehead atoms. The number of likely N-dealkylation sites (N-methyl/N-ethyl adjacent to an activating group) is 1. The summed E-state index contributed by atoms with van der Waals surface area (Å²) in [7, 11) is -0.417. The molecule has 1 unspecified atom stereocenters. The van der Waals surface area contributed by atoms with Crippen molar-refractivity contribution in [3.05, 3.63) is 0 Å². The summed E-state index contributed by atoms with van der Waals surface area (Å²) in [4.78, 5) is 0. The van der Waals surface area contributed by atoms with E-state index in [1.807, 2.05) is 14.1 Å². The molecule has 0 aliphatic carbocycles. The number of hydrogen-bond acceptors (Lipinski definition) is 4. The topological polar surface area (TPSA) is 77.4 Å². The summed E-state index contributed by atoms with van der Waals surface area (Å²) in [5, 5.41) is 9.69. The van der Waals surface area contributed by atoms with E-state index in [-0.39, 0.29) is 42.0 Å². The molecule has 0 radical (unpaired) electrons. The Morgan fingerprint density at radius 1 is 0.920 bits per heavy atom. The second kappa shape index (κ2) is 17.2. The van der Waals surface area contributed by atoms with Crippen molar-refractivity contribution in [2.45, 2.75) is 77.2 Å². The summed E-state index contributed by atoms with van der Waals surface area (Å²) >= 11 is 0. The van der Waals surface area contributed by atoms with Crippen LogP contribution in [0.2, 0.25) is 0 Å². The SMILES string of the molecule is CCCCCCCCCCCC[N+](C)(C)CC(O)CS(=O)(=O)[O-].[Cl-].[Na+]. The molecule has 25 heavy (non-hydrogen) atoms. The predicted octanol–water partition coefficient (Wildman–Crippen LogP) is -3.10. The molecule has 5 nitrogen and oxygen atoms in total. The van der Waals surface area contributed by atoms with Crippen molar-refractivity contribution in [3.63, 3.8) is 0 Å². The van der Waals surface area contributed by atoms with Gasteiger partial charge in [-0.2, -0.15) is 0 Å². The van der Waals surface area contributed by atoms with E-state index in [4.69, 9.17) is 0 Å². The number of hydrogen-bond donors (Lipinski definition) is 1. The molecule has 0 fully saturated rings. The van der Waals surface area contributed by atoms with Gasteiger partial charge in [0.05, 0.1) is 36.5 Å². The summed E-state index contributed by atoms with van der Waals surface area (Å²) in [6.45, 7) is 3.43. The molecular weight excluding hydrogens is 373 g/mol. The van der Waals surface area contributed by atoms with Crippen LogP contribution in [-0.4, -0.2) is 61.6 Å². The minimum atomic E-state index is -4.35. The van der Waals surface area contributed by atoms with Crippen molar-refractivity contribution in [3.8, 4) is 0 Å². The maximum absolute atomic E-state index is 10.6. The summed E-state index contributed by atoms with van der Waals surface area (Å²) in [5.41, 5.74) is 0. The van der Waals surface area contributed by atoms with Crippen LogP contribution in [0, 0.1) is 0 Å². The third kappa shape index (κ3) is 23.1. The average molecular weight is 410 g/mol. The number of nitrogens with zero attached hydrogens (tertiary/aromatic N) is 1. The average Bonchev–Trinajstić information content (AvgIpc) is 2.37. The Labute approximate surface area is 184 Å². The Morgan fingerprint density at radius 2 is 1.32 bits per heavy atom. The van der Waals surface area contributed by atoms with Gasteiger partial charge in [0.15, 0.2) is 0 Å². The molecule has 8 heteroatoms. The second-order valence-electron chi connectivity index (χ2n) is 7.40. The van der Waals surface area contributed by atoms with Gasteiger partial charge in [-0.3, -0.25) is 0 Å². The van der Waals surface area contributed by atoms with E-state index in [1.165, 1.54) is 57.8 Å². The van der Waals surface area contributed by atoms with Crippen LogP contribution in [-0.2, 0) is 10.1 Å². The van der Waals surface area contributed by atoms with E-state index in [1.54, 1.807) is 0 Å². The second-order valence-corrected chi connectivity index (χ2v) is 8.85.